The highest BCUT2D eigenvalue weighted by Gasteiger charge is 2.45. The number of benzene rings is 2. The van der Waals surface area contributed by atoms with E-state index in [1.165, 1.54) is 12.0 Å². The lowest BCUT2D eigenvalue weighted by Gasteiger charge is -2.29. The third-order valence-corrected chi connectivity index (χ3v) is 6.94. The predicted octanol–water partition coefficient (Wildman–Crippen LogP) is 4.83. The average molecular weight is 543 g/mol. The quantitative estimate of drug-likeness (QED) is 0.373. The number of aromatic hydroxyl groups is 1. The second-order valence-corrected chi connectivity index (χ2v) is 9.08. The molecule has 35 heavy (non-hydrogen) atoms. The van der Waals surface area contributed by atoms with Gasteiger partial charge in [-0.15, -0.1) is 0 Å². The van der Waals surface area contributed by atoms with E-state index >= 15 is 0 Å². The van der Waals surface area contributed by atoms with Gasteiger partial charge in [-0.25, -0.2) is 0 Å². The van der Waals surface area contributed by atoms with E-state index in [-0.39, 0.29) is 29.4 Å². The molecule has 8 nitrogen and oxygen atoms in total. The average Bonchev–Trinajstić information content (AvgIpc) is 3.40. The van der Waals surface area contributed by atoms with Crippen molar-refractivity contribution in [3.05, 3.63) is 69.6 Å². The molecule has 184 valence electrons. The van der Waals surface area contributed by atoms with E-state index in [0.717, 1.165) is 18.5 Å². The number of fused-ring (bicyclic) bond motifs is 1. The maximum atomic E-state index is 13.7. The number of hydrogen-bond donors (Lipinski definition) is 2. The molecule has 0 radical (unpaired) electrons. The van der Waals surface area contributed by atoms with Gasteiger partial charge in [-0.2, -0.15) is 0 Å². The summed E-state index contributed by atoms with van der Waals surface area (Å²) in [6.45, 7) is 6.50. The molecule has 1 unspecified atom stereocenters. The molecule has 0 saturated heterocycles. The molecule has 9 heteroatoms. The first-order valence-corrected chi connectivity index (χ1v) is 12.2. The van der Waals surface area contributed by atoms with Crippen LogP contribution < -0.4 is 4.74 Å². The molecule has 1 amide bonds. The van der Waals surface area contributed by atoms with Crippen LogP contribution in [0.25, 0.3) is 11.0 Å². The number of Topliss-reactive ketones (excluding diaryl/α,β-unsaturated/α-hetero) is 1. The van der Waals surface area contributed by atoms with Gasteiger partial charge in [-0.1, -0.05) is 32.0 Å². The summed E-state index contributed by atoms with van der Waals surface area (Å²) in [5, 5.41) is 22.0. The van der Waals surface area contributed by atoms with Crippen LogP contribution in [0.4, 0.5) is 0 Å². The molecule has 0 bridgehead atoms. The van der Waals surface area contributed by atoms with Crippen molar-refractivity contribution in [1.82, 2.24) is 9.80 Å². The molecular weight excluding hydrogens is 516 g/mol. The fourth-order valence-electron chi connectivity index (χ4n) is 4.39. The lowest BCUT2D eigenvalue weighted by molar-refractivity contribution is -0.129. The van der Waals surface area contributed by atoms with Gasteiger partial charge in [-0.05, 0) is 58.8 Å². The Kier molecular flexibility index (Phi) is 7.18. The number of para-hydroxylation sites is 1. The minimum atomic E-state index is -0.899. The van der Waals surface area contributed by atoms with Gasteiger partial charge in [0, 0.05) is 18.5 Å². The Hall–Kier alpha value is -3.30. The number of amides is 1. The minimum Gasteiger partial charge on any atom is -0.503 e. The number of halogens is 1. The summed E-state index contributed by atoms with van der Waals surface area (Å²) in [4.78, 5) is 30.5. The van der Waals surface area contributed by atoms with Gasteiger partial charge >= 0.3 is 0 Å². The predicted molar refractivity (Wildman–Crippen MR) is 135 cm³/mol. The molecule has 1 aliphatic heterocycles. The summed E-state index contributed by atoms with van der Waals surface area (Å²) in [6.07, 6.45) is 0. The summed E-state index contributed by atoms with van der Waals surface area (Å²) in [6, 6.07) is 11.1. The van der Waals surface area contributed by atoms with Crippen LogP contribution in [0.5, 0.6) is 11.5 Å². The van der Waals surface area contributed by atoms with Crippen molar-refractivity contribution in [2.75, 3.05) is 33.3 Å². The number of furan rings is 1. The second-order valence-electron chi connectivity index (χ2n) is 8.22. The van der Waals surface area contributed by atoms with Gasteiger partial charge in [0.1, 0.15) is 5.58 Å². The maximum Gasteiger partial charge on any atom is 0.290 e. The number of hydrogen-bond acceptors (Lipinski definition) is 7. The number of methoxy groups -OCH3 is 1. The number of phenolic OH excluding ortho intramolecular Hbond substituents is 1. The number of ether oxygens (including phenoxy) is 1. The van der Waals surface area contributed by atoms with Gasteiger partial charge in [0.25, 0.3) is 5.91 Å². The zero-order chi connectivity index (χ0) is 25.3. The molecule has 3 aromatic rings. The summed E-state index contributed by atoms with van der Waals surface area (Å²) >= 11 is 3.32. The monoisotopic (exact) mass is 542 g/mol. The topological polar surface area (TPSA) is 103 Å². The van der Waals surface area contributed by atoms with Crippen molar-refractivity contribution < 1.29 is 29.0 Å². The first-order valence-electron chi connectivity index (χ1n) is 11.4. The Balaban J connectivity index is 1.81. The summed E-state index contributed by atoms with van der Waals surface area (Å²) in [5.41, 5.74) is 0.959. The molecular formula is C26H27BrN2O6. The van der Waals surface area contributed by atoms with Crippen LogP contribution in [0.3, 0.4) is 0 Å². The number of aliphatic hydroxyl groups excluding tert-OH is 1. The zero-order valence-electron chi connectivity index (χ0n) is 19.7. The van der Waals surface area contributed by atoms with E-state index in [4.69, 9.17) is 9.15 Å². The Bertz CT molecular complexity index is 1280. The number of ketones is 1. The van der Waals surface area contributed by atoms with Crippen molar-refractivity contribution in [3.8, 4) is 11.5 Å². The van der Waals surface area contributed by atoms with Gasteiger partial charge in [-0.3, -0.25) is 9.59 Å². The standard InChI is InChI=1S/C26H27BrN2O6/c1-4-28(5-2)10-11-29-22(16-12-17(27)23(30)19(14-16)34-3)21(25(32)26(29)33)24(31)20-13-15-8-6-7-9-18(15)35-20/h6-9,12-14,22,30,32H,4-5,10-11H2,1-3H3. The Morgan fingerprint density at radius 3 is 2.54 bits per heavy atom. The van der Waals surface area contributed by atoms with E-state index in [1.807, 2.05) is 26.0 Å². The largest absolute Gasteiger partial charge is 0.503 e. The molecule has 2 heterocycles. The van der Waals surface area contributed by atoms with E-state index in [0.29, 0.717) is 22.2 Å². The van der Waals surface area contributed by atoms with Crippen LogP contribution in [-0.4, -0.2) is 65.0 Å². The van der Waals surface area contributed by atoms with Crippen LogP contribution in [0.15, 0.2) is 62.7 Å². The highest BCUT2D eigenvalue weighted by atomic mass is 79.9. The van der Waals surface area contributed by atoms with Crippen molar-refractivity contribution >= 4 is 38.6 Å². The lowest BCUT2D eigenvalue weighted by Crippen LogP contribution is -2.38. The zero-order valence-corrected chi connectivity index (χ0v) is 21.3. The molecule has 1 aliphatic rings. The number of aliphatic hydroxyl groups is 1. The maximum absolute atomic E-state index is 13.7. The van der Waals surface area contributed by atoms with E-state index < -0.39 is 23.5 Å². The number of phenols is 1. The lowest BCUT2D eigenvalue weighted by atomic mass is 9.94. The first kappa shape index (κ1) is 24.8. The van der Waals surface area contributed by atoms with Crippen LogP contribution in [-0.2, 0) is 4.79 Å². The van der Waals surface area contributed by atoms with Crippen molar-refractivity contribution in [1.29, 1.82) is 0 Å². The van der Waals surface area contributed by atoms with Crippen molar-refractivity contribution in [2.45, 2.75) is 19.9 Å². The van der Waals surface area contributed by atoms with E-state index in [1.54, 1.807) is 30.3 Å². The van der Waals surface area contributed by atoms with Gasteiger partial charge in [0.2, 0.25) is 5.78 Å². The fourth-order valence-corrected chi connectivity index (χ4v) is 4.85. The third kappa shape index (κ3) is 4.53. The summed E-state index contributed by atoms with van der Waals surface area (Å²) in [5.74, 6) is -1.72. The Morgan fingerprint density at radius 1 is 1.17 bits per heavy atom. The normalized spacial score (nSPS) is 16.1. The number of likely N-dealkylation sites (N-methyl/N-ethyl adjacent to an activating group) is 1. The van der Waals surface area contributed by atoms with E-state index in [2.05, 4.69) is 20.8 Å². The third-order valence-electron chi connectivity index (χ3n) is 6.34. The fraction of sp³-hybridized carbons (Fsp3) is 0.308. The minimum absolute atomic E-state index is 0.0287. The molecule has 2 aromatic carbocycles. The van der Waals surface area contributed by atoms with E-state index in [9.17, 15) is 19.8 Å². The second kappa shape index (κ2) is 10.1. The highest BCUT2D eigenvalue weighted by Crippen LogP contribution is 2.44. The number of nitrogens with zero attached hydrogens (tertiary/aromatic N) is 2. The SMILES string of the molecule is CCN(CC)CCN1C(=O)C(O)=C(C(=O)c2cc3ccccc3o2)C1c1cc(Br)c(O)c(OC)c1. The Morgan fingerprint density at radius 2 is 1.89 bits per heavy atom. The van der Waals surface area contributed by atoms with Crippen molar-refractivity contribution in [3.63, 3.8) is 0 Å². The van der Waals surface area contributed by atoms with Crippen LogP contribution in [0.1, 0.15) is 36.0 Å². The number of rotatable bonds is 9. The van der Waals surface area contributed by atoms with Gasteiger partial charge < -0.3 is 29.2 Å². The molecule has 2 N–H and O–H groups in total. The summed E-state index contributed by atoms with van der Waals surface area (Å²) in [7, 11) is 1.41. The van der Waals surface area contributed by atoms with Crippen molar-refractivity contribution in [2.24, 2.45) is 0 Å². The first-order chi connectivity index (χ1) is 16.8. The number of carbonyl (C=O) groups excluding carboxylic acids is 2. The molecule has 0 spiro atoms. The molecule has 0 aliphatic carbocycles. The smallest absolute Gasteiger partial charge is 0.290 e. The summed E-state index contributed by atoms with van der Waals surface area (Å²) < 4.78 is 11.4. The van der Waals surface area contributed by atoms with Crippen LogP contribution in [0, 0.1) is 0 Å². The van der Waals surface area contributed by atoms with Crippen LogP contribution in [0.2, 0.25) is 0 Å². The molecule has 1 aromatic heterocycles. The van der Waals surface area contributed by atoms with Gasteiger partial charge in [0.15, 0.2) is 23.0 Å². The highest BCUT2D eigenvalue weighted by molar-refractivity contribution is 9.10. The number of carbonyl (C=O) groups is 2. The molecule has 0 fully saturated rings. The molecule has 0 saturated carbocycles. The molecule has 4 rings (SSSR count). The van der Waals surface area contributed by atoms with Gasteiger partial charge in [0.05, 0.1) is 23.2 Å². The van der Waals surface area contributed by atoms with Crippen LogP contribution >= 0.6 is 15.9 Å². The Labute approximate surface area is 211 Å². The molecule has 1 atom stereocenters.